The highest BCUT2D eigenvalue weighted by Gasteiger charge is 2.20. The fourth-order valence-corrected chi connectivity index (χ4v) is 4.02. The number of nitrogens with one attached hydrogen (secondary N) is 1. The Morgan fingerprint density at radius 2 is 2.12 bits per heavy atom. The first-order valence-corrected chi connectivity index (χ1v) is 7.70. The molecule has 0 saturated heterocycles. The number of aromatic nitrogens is 2. The second-order valence-electron chi connectivity index (χ2n) is 4.09. The van der Waals surface area contributed by atoms with E-state index in [4.69, 9.17) is 5.84 Å². The summed E-state index contributed by atoms with van der Waals surface area (Å²) >= 11 is 3.35. The number of nitrogens with zero attached hydrogens (tertiary/aromatic N) is 2. The van der Waals surface area contributed by atoms with Crippen molar-refractivity contribution < 1.29 is 0 Å². The molecule has 3 N–H and O–H groups in total. The molecule has 0 radical (unpaired) electrons. The van der Waals surface area contributed by atoms with Gasteiger partial charge in [0.1, 0.15) is 4.83 Å². The first-order valence-electron chi connectivity index (χ1n) is 5.66. The van der Waals surface area contributed by atoms with Crippen LogP contribution >= 0.6 is 23.1 Å². The first kappa shape index (κ1) is 11.3. The normalized spacial score (nSPS) is 14.9. The number of anilines is 1. The molecule has 6 heteroatoms. The second kappa shape index (κ2) is 4.44. The molecule has 1 aliphatic rings. The van der Waals surface area contributed by atoms with Gasteiger partial charge in [0.15, 0.2) is 11.0 Å². The topological polar surface area (TPSA) is 63.8 Å². The van der Waals surface area contributed by atoms with Gasteiger partial charge in [-0.3, -0.25) is 0 Å². The number of nitrogens with two attached hydrogens (primary N) is 1. The van der Waals surface area contributed by atoms with Crippen molar-refractivity contribution in [2.45, 2.75) is 30.8 Å². The van der Waals surface area contributed by atoms with Crippen LogP contribution in [0.25, 0.3) is 10.2 Å². The van der Waals surface area contributed by atoms with Gasteiger partial charge in [0, 0.05) is 4.88 Å². The fourth-order valence-electron chi connectivity index (χ4n) is 2.33. The molecule has 0 fully saturated rings. The van der Waals surface area contributed by atoms with Gasteiger partial charge in [-0.2, -0.15) is 0 Å². The van der Waals surface area contributed by atoms with Crippen molar-refractivity contribution in [1.82, 2.24) is 9.97 Å². The third-order valence-corrected chi connectivity index (χ3v) is 4.85. The monoisotopic (exact) mass is 266 g/mol. The molecule has 0 amide bonds. The van der Waals surface area contributed by atoms with E-state index in [0.717, 1.165) is 27.6 Å². The molecule has 2 heterocycles. The molecule has 2 aromatic heterocycles. The molecule has 0 aliphatic heterocycles. The number of thioether (sulfide) groups is 1. The van der Waals surface area contributed by atoms with Crippen LogP contribution in [0.15, 0.2) is 5.16 Å². The number of aryl methyl sites for hydroxylation is 2. The number of hydrogen-bond donors (Lipinski definition) is 2. The second-order valence-corrected chi connectivity index (χ2v) is 5.95. The van der Waals surface area contributed by atoms with Crippen molar-refractivity contribution in [3.05, 3.63) is 10.4 Å². The van der Waals surface area contributed by atoms with Gasteiger partial charge in [0.25, 0.3) is 0 Å². The zero-order valence-electron chi connectivity index (χ0n) is 9.62. The maximum Gasteiger partial charge on any atom is 0.190 e. The van der Waals surface area contributed by atoms with Gasteiger partial charge in [-0.1, -0.05) is 11.8 Å². The van der Waals surface area contributed by atoms with Crippen molar-refractivity contribution in [2.75, 3.05) is 11.7 Å². The Kier molecular flexibility index (Phi) is 2.94. The molecule has 3 rings (SSSR count). The van der Waals surface area contributed by atoms with E-state index in [9.17, 15) is 0 Å². The SMILES string of the molecule is CSc1nc(NN)c2c3c(sc2n1)CCCC3. The fraction of sp³-hybridized carbons (Fsp3) is 0.455. The van der Waals surface area contributed by atoms with E-state index < -0.39 is 0 Å². The van der Waals surface area contributed by atoms with Gasteiger partial charge in [-0.05, 0) is 37.5 Å². The number of hydrazine groups is 1. The van der Waals surface area contributed by atoms with E-state index in [1.165, 1.54) is 29.7 Å². The number of rotatable bonds is 2. The van der Waals surface area contributed by atoms with Gasteiger partial charge in [0.2, 0.25) is 0 Å². The van der Waals surface area contributed by atoms with Gasteiger partial charge in [0.05, 0.1) is 5.39 Å². The smallest absolute Gasteiger partial charge is 0.190 e. The van der Waals surface area contributed by atoms with Crippen molar-refractivity contribution >= 4 is 39.1 Å². The number of nitrogen functional groups attached to an aromatic ring is 1. The van der Waals surface area contributed by atoms with E-state index in [-0.39, 0.29) is 0 Å². The lowest BCUT2D eigenvalue weighted by Gasteiger charge is -2.11. The van der Waals surface area contributed by atoms with Crippen molar-refractivity contribution in [2.24, 2.45) is 5.84 Å². The molecule has 0 spiro atoms. The molecule has 0 bridgehead atoms. The molecule has 0 saturated carbocycles. The Morgan fingerprint density at radius 1 is 1.29 bits per heavy atom. The average Bonchev–Trinajstić information content (AvgIpc) is 2.75. The van der Waals surface area contributed by atoms with E-state index in [2.05, 4.69) is 15.4 Å². The molecule has 17 heavy (non-hydrogen) atoms. The van der Waals surface area contributed by atoms with Gasteiger partial charge in [-0.15, -0.1) is 11.3 Å². The van der Waals surface area contributed by atoms with Gasteiger partial charge >= 0.3 is 0 Å². The summed E-state index contributed by atoms with van der Waals surface area (Å²) in [5, 5.41) is 1.93. The Bertz CT molecular complexity index is 564. The van der Waals surface area contributed by atoms with Crippen LogP contribution in [0.1, 0.15) is 23.3 Å². The van der Waals surface area contributed by atoms with Gasteiger partial charge < -0.3 is 5.43 Å². The van der Waals surface area contributed by atoms with Crippen molar-refractivity contribution in [3.63, 3.8) is 0 Å². The lowest BCUT2D eigenvalue weighted by molar-refractivity contribution is 0.700. The lowest BCUT2D eigenvalue weighted by atomic mass is 9.97. The third-order valence-electron chi connectivity index (χ3n) is 3.11. The zero-order valence-corrected chi connectivity index (χ0v) is 11.2. The predicted octanol–water partition coefficient (Wildman–Crippen LogP) is 2.58. The highest BCUT2D eigenvalue weighted by Crippen LogP contribution is 2.38. The minimum absolute atomic E-state index is 0.777. The van der Waals surface area contributed by atoms with E-state index in [1.807, 2.05) is 6.26 Å². The largest absolute Gasteiger partial charge is 0.308 e. The van der Waals surface area contributed by atoms with Crippen LogP contribution < -0.4 is 11.3 Å². The molecule has 2 aromatic rings. The summed E-state index contributed by atoms with van der Waals surface area (Å²) in [6.07, 6.45) is 6.83. The molecule has 0 aromatic carbocycles. The van der Waals surface area contributed by atoms with Gasteiger partial charge in [-0.25, -0.2) is 15.8 Å². The minimum Gasteiger partial charge on any atom is -0.308 e. The molecule has 1 aliphatic carbocycles. The Balaban J connectivity index is 2.29. The Hall–Kier alpha value is -0.850. The summed E-state index contributed by atoms with van der Waals surface area (Å²) in [6, 6.07) is 0. The van der Waals surface area contributed by atoms with Crippen LogP contribution in [-0.2, 0) is 12.8 Å². The molecule has 90 valence electrons. The summed E-state index contributed by atoms with van der Waals surface area (Å²) in [7, 11) is 0. The molecule has 0 unspecified atom stereocenters. The average molecular weight is 266 g/mol. The first-order chi connectivity index (χ1) is 8.33. The highest BCUT2D eigenvalue weighted by molar-refractivity contribution is 7.98. The standard InChI is InChI=1S/C11H14N4S2/c1-16-11-13-9(15-12)8-6-4-2-3-5-7(6)17-10(8)14-11/h2-5,12H2,1H3,(H,13,14,15). The summed E-state index contributed by atoms with van der Waals surface area (Å²) in [4.78, 5) is 11.6. The summed E-state index contributed by atoms with van der Waals surface area (Å²) in [5.74, 6) is 6.36. The Labute approximate surface area is 108 Å². The van der Waals surface area contributed by atoms with Crippen LogP contribution in [0.3, 0.4) is 0 Å². The van der Waals surface area contributed by atoms with Crippen molar-refractivity contribution in [1.29, 1.82) is 0 Å². The molecule has 4 nitrogen and oxygen atoms in total. The maximum atomic E-state index is 5.59. The van der Waals surface area contributed by atoms with Crippen LogP contribution in [-0.4, -0.2) is 16.2 Å². The van der Waals surface area contributed by atoms with Crippen molar-refractivity contribution in [3.8, 4) is 0 Å². The van der Waals surface area contributed by atoms with E-state index in [0.29, 0.717) is 0 Å². The molecular formula is C11H14N4S2. The summed E-state index contributed by atoms with van der Waals surface area (Å²) < 4.78 is 0. The minimum atomic E-state index is 0.777. The van der Waals surface area contributed by atoms with Crippen LogP contribution in [0, 0.1) is 0 Å². The quantitative estimate of drug-likeness (QED) is 0.378. The number of thiophene rings is 1. The zero-order chi connectivity index (χ0) is 11.8. The molecule has 0 atom stereocenters. The predicted molar refractivity (Wildman–Crippen MR) is 73.6 cm³/mol. The summed E-state index contributed by atoms with van der Waals surface area (Å²) in [6.45, 7) is 0. The van der Waals surface area contributed by atoms with Crippen LogP contribution in [0.2, 0.25) is 0 Å². The molecular weight excluding hydrogens is 252 g/mol. The highest BCUT2D eigenvalue weighted by atomic mass is 32.2. The van der Waals surface area contributed by atoms with Crippen LogP contribution in [0.5, 0.6) is 0 Å². The third kappa shape index (κ3) is 1.80. The number of hydrogen-bond acceptors (Lipinski definition) is 6. The van der Waals surface area contributed by atoms with Crippen LogP contribution in [0.4, 0.5) is 5.82 Å². The maximum absolute atomic E-state index is 5.59. The summed E-state index contributed by atoms with van der Waals surface area (Å²) in [5.41, 5.74) is 4.14. The Morgan fingerprint density at radius 3 is 2.88 bits per heavy atom. The van der Waals surface area contributed by atoms with E-state index >= 15 is 0 Å². The van der Waals surface area contributed by atoms with E-state index in [1.54, 1.807) is 23.1 Å². The lowest BCUT2D eigenvalue weighted by Crippen LogP contribution is -2.10. The number of fused-ring (bicyclic) bond motifs is 3.